The van der Waals surface area contributed by atoms with Crippen molar-refractivity contribution in [1.29, 1.82) is 0 Å². The van der Waals surface area contributed by atoms with E-state index in [1.165, 1.54) is 25.7 Å². The van der Waals surface area contributed by atoms with Gasteiger partial charge in [-0.1, -0.05) is 33.1 Å². The number of hydrogen-bond acceptors (Lipinski definition) is 2. The maximum absolute atomic E-state index is 12.6. The van der Waals surface area contributed by atoms with Gasteiger partial charge in [-0.3, -0.25) is 10.1 Å². The van der Waals surface area contributed by atoms with Crippen LogP contribution in [0, 0.1) is 5.41 Å². The fourth-order valence-electron chi connectivity index (χ4n) is 3.84. The summed E-state index contributed by atoms with van der Waals surface area (Å²) >= 11 is 0. The SMILES string of the molecule is CCCC1NC2(CC2)C(=O)N1CC1(C)CCCC1. The predicted molar refractivity (Wildman–Crippen MR) is 72.1 cm³/mol. The van der Waals surface area contributed by atoms with Gasteiger partial charge in [-0.25, -0.2) is 0 Å². The topological polar surface area (TPSA) is 32.3 Å². The number of nitrogens with one attached hydrogen (secondary N) is 1. The maximum Gasteiger partial charge on any atom is 0.244 e. The zero-order valence-electron chi connectivity index (χ0n) is 11.8. The zero-order chi connectivity index (χ0) is 12.8. The Labute approximate surface area is 110 Å². The standard InChI is InChI=1S/C15H26N2O/c1-3-6-12-16-15(9-10-15)13(18)17(12)11-14(2)7-4-5-8-14/h12,16H,3-11H2,1-2H3. The van der Waals surface area contributed by atoms with Crippen molar-refractivity contribution < 1.29 is 4.79 Å². The second kappa shape index (κ2) is 4.22. The summed E-state index contributed by atoms with van der Waals surface area (Å²) in [5.41, 5.74) is 0.249. The van der Waals surface area contributed by atoms with E-state index in [-0.39, 0.29) is 5.54 Å². The van der Waals surface area contributed by atoms with Gasteiger partial charge in [-0.15, -0.1) is 0 Å². The van der Waals surface area contributed by atoms with Gasteiger partial charge in [0.2, 0.25) is 5.91 Å². The van der Waals surface area contributed by atoms with Crippen LogP contribution >= 0.6 is 0 Å². The number of hydrogen-bond donors (Lipinski definition) is 1. The van der Waals surface area contributed by atoms with Gasteiger partial charge >= 0.3 is 0 Å². The van der Waals surface area contributed by atoms with Crippen LogP contribution in [-0.4, -0.2) is 29.1 Å². The second-order valence-corrected chi connectivity index (χ2v) is 6.98. The molecule has 3 heteroatoms. The van der Waals surface area contributed by atoms with Crippen LogP contribution in [0.2, 0.25) is 0 Å². The average Bonchev–Trinajstić information content (AvgIpc) is 2.93. The van der Waals surface area contributed by atoms with Crippen molar-refractivity contribution in [1.82, 2.24) is 10.2 Å². The number of carbonyl (C=O) groups excluding carboxylic acids is 1. The lowest BCUT2D eigenvalue weighted by molar-refractivity contribution is -0.132. The minimum atomic E-state index is -0.130. The minimum Gasteiger partial charge on any atom is -0.325 e. The van der Waals surface area contributed by atoms with Crippen LogP contribution in [0.3, 0.4) is 0 Å². The van der Waals surface area contributed by atoms with Crippen LogP contribution in [-0.2, 0) is 4.79 Å². The molecule has 1 unspecified atom stereocenters. The van der Waals surface area contributed by atoms with E-state index >= 15 is 0 Å². The first-order valence-electron chi connectivity index (χ1n) is 7.67. The van der Waals surface area contributed by atoms with Gasteiger partial charge in [0, 0.05) is 6.54 Å². The van der Waals surface area contributed by atoms with Gasteiger partial charge in [0.25, 0.3) is 0 Å². The van der Waals surface area contributed by atoms with Crippen LogP contribution in [0.4, 0.5) is 0 Å². The molecule has 0 aromatic rings. The molecule has 2 saturated carbocycles. The molecule has 0 radical (unpaired) electrons. The van der Waals surface area contributed by atoms with E-state index in [4.69, 9.17) is 0 Å². The Morgan fingerprint density at radius 3 is 2.50 bits per heavy atom. The fourth-order valence-corrected chi connectivity index (χ4v) is 3.84. The van der Waals surface area contributed by atoms with Crippen LogP contribution in [0.15, 0.2) is 0 Å². The molecule has 3 rings (SSSR count). The summed E-state index contributed by atoms with van der Waals surface area (Å²) in [6.45, 7) is 5.55. The molecule has 0 bridgehead atoms. The summed E-state index contributed by atoms with van der Waals surface area (Å²) in [7, 11) is 0. The van der Waals surface area contributed by atoms with Crippen molar-refractivity contribution in [3.63, 3.8) is 0 Å². The summed E-state index contributed by atoms with van der Waals surface area (Å²) in [5.74, 6) is 0.397. The molecule has 3 fully saturated rings. The molecule has 1 amide bonds. The molecule has 0 aromatic heterocycles. The summed E-state index contributed by atoms with van der Waals surface area (Å²) in [6.07, 6.45) is 9.94. The Morgan fingerprint density at radius 1 is 1.28 bits per heavy atom. The third-order valence-corrected chi connectivity index (χ3v) is 5.16. The third kappa shape index (κ3) is 1.97. The molecule has 102 valence electrons. The highest BCUT2D eigenvalue weighted by molar-refractivity contribution is 5.91. The highest BCUT2D eigenvalue weighted by atomic mass is 16.2. The Hall–Kier alpha value is -0.570. The zero-order valence-corrected chi connectivity index (χ0v) is 11.8. The molecule has 1 spiro atoms. The first-order valence-corrected chi connectivity index (χ1v) is 7.67. The van der Waals surface area contributed by atoms with Crippen molar-refractivity contribution in [2.45, 2.75) is 76.9 Å². The molecular weight excluding hydrogens is 224 g/mol. The molecule has 1 N–H and O–H groups in total. The molecule has 2 aliphatic carbocycles. The third-order valence-electron chi connectivity index (χ3n) is 5.16. The summed E-state index contributed by atoms with van der Waals surface area (Å²) in [4.78, 5) is 14.8. The monoisotopic (exact) mass is 250 g/mol. The quantitative estimate of drug-likeness (QED) is 0.832. The van der Waals surface area contributed by atoms with E-state index in [9.17, 15) is 4.79 Å². The van der Waals surface area contributed by atoms with E-state index in [1.54, 1.807) is 0 Å². The van der Waals surface area contributed by atoms with Gasteiger partial charge < -0.3 is 4.90 Å². The number of rotatable bonds is 4. The van der Waals surface area contributed by atoms with Crippen molar-refractivity contribution in [2.24, 2.45) is 5.41 Å². The first kappa shape index (κ1) is 12.5. The lowest BCUT2D eigenvalue weighted by atomic mass is 9.88. The molecule has 1 heterocycles. The van der Waals surface area contributed by atoms with E-state index in [2.05, 4.69) is 24.1 Å². The Bertz CT molecular complexity index is 342. The summed E-state index contributed by atoms with van der Waals surface area (Å²) in [5, 5.41) is 3.61. The maximum atomic E-state index is 12.6. The number of amides is 1. The molecule has 3 aliphatic rings. The van der Waals surface area contributed by atoms with Gasteiger partial charge in [-0.05, 0) is 37.5 Å². The Morgan fingerprint density at radius 2 is 1.94 bits per heavy atom. The second-order valence-electron chi connectivity index (χ2n) is 6.98. The van der Waals surface area contributed by atoms with Crippen LogP contribution in [0.25, 0.3) is 0 Å². The largest absolute Gasteiger partial charge is 0.325 e. The summed E-state index contributed by atoms with van der Waals surface area (Å²) < 4.78 is 0. The lowest BCUT2D eigenvalue weighted by Gasteiger charge is -2.33. The molecule has 1 atom stereocenters. The van der Waals surface area contributed by atoms with E-state index in [0.717, 1.165) is 32.2 Å². The molecule has 18 heavy (non-hydrogen) atoms. The number of carbonyl (C=O) groups is 1. The highest BCUT2D eigenvalue weighted by Crippen LogP contribution is 2.45. The first-order chi connectivity index (χ1) is 8.59. The smallest absolute Gasteiger partial charge is 0.244 e. The van der Waals surface area contributed by atoms with Crippen molar-refractivity contribution >= 4 is 5.91 Å². The van der Waals surface area contributed by atoms with E-state index < -0.39 is 0 Å². The molecule has 0 aromatic carbocycles. The van der Waals surface area contributed by atoms with Crippen LogP contribution in [0.1, 0.15) is 65.2 Å². The van der Waals surface area contributed by atoms with Crippen LogP contribution < -0.4 is 5.32 Å². The van der Waals surface area contributed by atoms with Gasteiger partial charge in [0.05, 0.1) is 11.7 Å². The molecule has 1 aliphatic heterocycles. The van der Waals surface area contributed by atoms with Crippen LogP contribution in [0.5, 0.6) is 0 Å². The molecular formula is C15H26N2O. The molecule has 3 nitrogen and oxygen atoms in total. The normalized spacial score (nSPS) is 32.4. The predicted octanol–water partition coefficient (Wildman–Crippen LogP) is 2.66. The van der Waals surface area contributed by atoms with Gasteiger partial charge in [0.15, 0.2) is 0 Å². The van der Waals surface area contributed by atoms with E-state index in [1.807, 2.05) is 0 Å². The Kier molecular flexibility index (Phi) is 2.92. The van der Waals surface area contributed by atoms with Crippen molar-refractivity contribution in [3.05, 3.63) is 0 Å². The summed E-state index contributed by atoms with van der Waals surface area (Å²) in [6, 6.07) is 0. The average molecular weight is 250 g/mol. The highest BCUT2D eigenvalue weighted by Gasteiger charge is 2.59. The lowest BCUT2D eigenvalue weighted by Crippen LogP contribution is -2.43. The Balaban J connectivity index is 1.73. The number of nitrogens with zero attached hydrogens (tertiary/aromatic N) is 1. The minimum absolute atomic E-state index is 0.130. The van der Waals surface area contributed by atoms with E-state index in [0.29, 0.717) is 17.5 Å². The van der Waals surface area contributed by atoms with Gasteiger partial charge in [-0.2, -0.15) is 0 Å². The van der Waals surface area contributed by atoms with Crippen molar-refractivity contribution in [3.8, 4) is 0 Å². The molecule has 1 saturated heterocycles. The fraction of sp³-hybridized carbons (Fsp3) is 0.933. The van der Waals surface area contributed by atoms with Gasteiger partial charge in [0.1, 0.15) is 0 Å². The van der Waals surface area contributed by atoms with Crippen molar-refractivity contribution in [2.75, 3.05) is 6.54 Å².